The Bertz CT molecular complexity index is 1450. The van der Waals surface area contributed by atoms with Crippen LogP contribution in [0.15, 0.2) is 58.9 Å². The molecule has 2 aromatic heterocycles. The van der Waals surface area contributed by atoms with E-state index in [1.807, 2.05) is 67.8 Å². The lowest BCUT2D eigenvalue weighted by Crippen LogP contribution is -2.08. The zero-order valence-electron chi connectivity index (χ0n) is 20.4. The number of ether oxygens (including phenoxy) is 1. The van der Waals surface area contributed by atoms with E-state index in [2.05, 4.69) is 17.5 Å². The molecule has 37 heavy (non-hydrogen) atoms. The molecular formula is C28H24ClN5OS2. The van der Waals surface area contributed by atoms with Crippen LogP contribution in [0.1, 0.15) is 37.1 Å². The molecule has 0 aliphatic carbocycles. The maximum Gasteiger partial charge on any atom is 0.146 e. The van der Waals surface area contributed by atoms with E-state index in [0.29, 0.717) is 51.5 Å². The van der Waals surface area contributed by atoms with Gasteiger partial charge in [-0.25, -0.2) is 9.97 Å². The van der Waals surface area contributed by atoms with Gasteiger partial charge in [-0.3, -0.25) is 0 Å². The first-order chi connectivity index (χ1) is 18.1. The molecule has 0 fully saturated rings. The Hall–Kier alpha value is -3.56. The monoisotopic (exact) mass is 545 g/mol. The number of thiazole rings is 1. The molecule has 4 rings (SSSR count). The molecule has 2 aromatic carbocycles. The van der Waals surface area contributed by atoms with E-state index in [-0.39, 0.29) is 0 Å². The number of nitrogens with one attached hydrogen (secondary N) is 1. The average molecular weight is 546 g/mol. The number of pyridine rings is 1. The van der Waals surface area contributed by atoms with Gasteiger partial charge >= 0.3 is 0 Å². The van der Waals surface area contributed by atoms with Crippen molar-refractivity contribution in [3.8, 4) is 39.6 Å². The summed E-state index contributed by atoms with van der Waals surface area (Å²) in [4.78, 5) is 9.47. The van der Waals surface area contributed by atoms with Gasteiger partial charge in [-0.1, -0.05) is 54.6 Å². The van der Waals surface area contributed by atoms with Crippen LogP contribution in [0, 0.1) is 22.7 Å². The van der Waals surface area contributed by atoms with Crippen molar-refractivity contribution in [1.82, 2.24) is 9.97 Å². The Morgan fingerprint density at radius 1 is 0.973 bits per heavy atom. The fourth-order valence-corrected chi connectivity index (χ4v) is 5.60. The van der Waals surface area contributed by atoms with Crippen molar-refractivity contribution in [3.63, 3.8) is 0 Å². The number of hydrogen-bond donors (Lipinski definition) is 1. The van der Waals surface area contributed by atoms with E-state index in [0.717, 1.165) is 34.0 Å². The maximum atomic E-state index is 10.2. The summed E-state index contributed by atoms with van der Waals surface area (Å²) in [6.07, 6.45) is 0.875. The molecule has 0 spiro atoms. The number of halogens is 1. The first kappa shape index (κ1) is 26.5. The third kappa shape index (κ3) is 6.23. The molecule has 0 saturated carbocycles. The molecule has 0 aliphatic rings. The second-order valence-electron chi connectivity index (χ2n) is 7.94. The molecular weight excluding hydrogens is 522 g/mol. The summed E-state index contributed by atoms with van der Waals surface area (Å²) in [6.45, 7) is 5.20. The van der Waals surface area contributed by atoms with Crippen LogP contribution in [0.5, 0.6) is 5.75 Å². The van der Waals surface area contributed by atoms with Crippen molar-refractivity contribution in [2.45, 2.75) is 31.0 Å². The Balaban J connectivity index is 1.70. The molecule has 0 atom stereocenters. The minimum Gasteiger partial charge on any atom is -0.494 e. The minimum atomic E-state index is 0.359. The van der Waals surface area contributed by atoms with Gasteiger partial charge in [0, 0.05) is 33.8 Å². The first-order valence-electron chi connectivity index (χ1n) is 11.8. The lowest BCUT2D eigenvalue weighted by molar-refractivity contribution is 0.340. The second-order valence-corrected chi connectivity index (χ2v) is 10.2. The van der Waals surface area contributed by atoms with Gasteiger partial charge in [-0.2, -0.15) is 10.5 Å². The molecule has 0 aliphatic heterocycles. The Morgan fingerprint density at radius 3 is 2.32 bits per heavy atom. The van der Waals surface area contributed by atoms with E-state index in [9.17, 15) is 10.5 Å². The predicted molar refractivity (Wildman–Crippen MR) is 151 cm³/mol. The van der Waals surface area contributed by atoms with Gasteiger partial charge in [0.15, 0.2) is 0 Å². The molecule has 1 N–H and O–H groups in total. The zero-order chi connectivity index (χ0) is 26.2. The van der Waals surface area contributed by atoms with Crippen molar-refractivity contribution in [2.75, 3.05) is 18.5 Å². The molecule has 4 aromatic rings. The molecule has 0 bridgehead atoms. The van der Waals surface area contributed by atoms with E-state index >= 15 is 0 Å². The normalized spacial score (nSPS) is 10.5. The van der Waals surface area contributed by atoms with Crippen LogP contribution in [0.2, 0.25) is 5.02 Å². The topological polar surface area (TPSA) is 94.6 Å². The number of nitriles is 2. The number of hydrogen-bond acceptors (Lipinski definition) is 8. The molecule has 0 radical (unpaired) electrons. The summed E-state index contributed by atoms with van der Waals surface area (Å²) < 4.78 is 5.57. The van der Waals surface area contributed by atoms with E-state index < -0.39 is 0 Å². The number of nitrogens with zero attached hydrogens (tertiary/aromatic N) is 4. The summed E-state index contributed by atoms with van der Waals surface area (Å²) in [7, 11) is 0. The summed E-state index contributed by atoms with van der Waals surface area (Å²) in [5.41, 5.74) is 3.96. The quantitative estimate of drug-likeness (QED) is 0.203. The molecule has 9 heteroatoms. The zero-order valence-corrected chi connectivity index (χ0v) is 22.8. The minimum absolute atomic E-state index is 0.359. The van der Waals surface area contributed by atoms with Gasteiger partial charge in [0.25, 0.3) is 0 Å². The second kappa shape index (κ2) is 12.6. The Kier molecular flexibility index (Phi) is 9.03. The fourth-order valence-electron chi connectivity index (χ4n) is 3.67. The highest BCUT2D eigenvalue weighted by Crippen LogP contribution is 2.38. The largest absolute Gasteiger partial charge is 0.494 e. The smallest absolute Gasteiger partial charge is 0.146 e. The van der Waals surface area contributed by atoms with Gasteiger partial charge in [0.1, 0.15) is 39.3 Å². The maximum absolute atomic E-state index is 10.2. The number of aromatic nitrogens is 2. The number of rotatable bonds is 10. The number of anilines is 1. The highest BCUT2D eigenvalue weighted by Gasteiger charge is 2.22. The first-order valence-corrected chi connectivity index (χ1v) is 14.0. The van der Waals surface area contributed by atoms with Crippen LogP contribution in [-0.2, 0) is 5.75 Å². The van der Waals surface area contributed by atoms with E-state index in [1.165, 1.54) is 11.8 Å². The number of thioether (sulfide) groups is 1. The fraction of sp³-hybridized carbons (Fsp3) is 0.214. The van der Waals surface area contributed by atoms with Gasteiger partial charge in [-0.05, 0) is 43.2 Å². The standard InChI is InChI=1S/C28H24ClN5OS2/c1-3-13-32-26-23(14-30)25(18-7-11-22(12-8-18)35-4-2)24(15-31)28(34-26)37-17-21-16-36-27(33-21)19-5-9-20(29)10-6-19/h5-12,16H,3-4,13,17H2,1-2H3,(H,32,34). The van der Waals surface area contributed by atoms with Crippen molar-refractivity contribution in [2.24, 2.45) is 0 Å². The molecule has 0 amide bonds. The van der Waals surface area contributed by atoms with Gasteiger partial charge in [0.05, 0.1) is 17.9 Å². The van der Waals surface area contributed by atoms with Crippen molar-refractivity contribution < 1.29 is 4.74 Å². The van der Waals surface area contributed by atoms with Crippen LogP contribution in [0.25, 0.3) is 21.7 Å². The summed E-state index contributed by atoms with van der Waals surface area (Å²) in [6, 6.07) is 19.6. The van der Waals surface area contributed by atoms with Crippen LogP contribution < -0.4 is 10.1 Å². The van der Waals surface area contributed by atoms with Crippen LogP contribution in [0.4, 0.5) is 5.82 Å². The highest BCUT2D eigenvalue weighted by atomic mass is 35.5. The summed E-state index contributed by atoms with van der Waals surface area (Å²) in [5.74, 6) is 1.75. The third-order valence-corrected chi connectivity index (χ3v) is 7.58. The van der Waals surface area contributed by atoms with Crippen LogP contribution in [0.3, 0.4) is 0 Å². The van der Waals surface area contributed by atoms with E-state index in [4.69, 9.17) is 26.3 Å². The van der Waals surface area contributed by atoms with Crippen LogP contribution in [-0.4, -0.2) is 23.1 Å². The van der Waals surface area contributed by atoms with E-state index in [1.54, 1.807) is 11.3 Å². The Labute approximate surface area is 229 Å². The van der Waals surface area contributed by atoms with Crippen molar-refractivity contribution in [1.29, 1.82) is 10.5 Å². The summed E-state index contributed by atoms with van der Waals surface area (Å²) in [5, 5.41) is 27.7. The van der Waals surface area contributed by atoms with Gasteiger partial charge < -0.3 is 10.1 Å². The lowest BCUT2D eigenvalue weighted by Gasteiger charge is -2.16. The molecule has 0 saturated heterocycles. The Morgan fingerprint density at radius 2 is 1.68 bits per heavy atom. The SMILES string of the molecule is CCCNc1nc(SCc2csc(-c3ccc(Cl)cc3)n2)c(C#N)c(-c2ccc(OCC)cc2)c1C#N. The van der Waals surface area contributed by atoms with Crippen molar-refractivity contribution >= 4 is 40.5 Å². The van der Waals surface area contributed by atoms with Gasteiger partial charge in [0.2, 0.25) is 0 Å². The highest BCUT2D eigenvalue weighted by molar-refractivity contribution is 7.98. The summed E-state index contributed by atoms with van der Waals surface area (Å²) >= 11 is 9.01. The van der Waals surface area contributed by atoms with Crippen LogP contribution >= 0.6 is 34.7 Å². The molecule has 2 heterocycles. The molecule has 6 nitrogen and oxygen atoms in total. The van der Waals surface area contributed by atoms with Gasteiger partial charge in [-0.15, -0.1) is 11.3 Å². The molecule has 186 valence electrons. The predicted octanol–water partition coefficient (Wildman–Crippen LogP) is 7.78. The molecule has 0 unspecified atom stereocenters. The lowest BCUT2D eigenvalue weighted by atomic mass is 9.96. The number of benzene rings is 2. The average Bonchev–Trinajstić information content (AvgIpc) is 3.40. The third-order valence-electron chi connectivity index (χ3n) is 5.38. The van der Waals surface area contributed by atoms with Crippen molar-refractivity contribution in [3.05, 3.63) is 75.8 Å².